The topological polar surface area (TPSA) is 59.1 Å². The lowest BCUT2D eigenvalue weighted by atomic mass is 10.2. The van der Waals surface area contributed by atoms with Gasteiger partial charge in [-0.05, 0) is 37.6 Å². The molecule has 0 saturated heterocycles. The molecular weight excluding hydrogens is 360 g/mol. The fourth-order valence-electron chi connectivity index (χ4n) is 2.17. The van der Waals surface area contributed by atoms with Crippen molar-refractivity contribution in [3.63, 3.8) is 0 Å². The first-order valence-corrected chi connectivity index (χ1v) is 11.0. The number of hydrogen-bond acceptors (Lipinski definition) is 5. The predicted molar refractivity (Wildman–Crippen MR) is 104 cm³/mol. The van der Waals surface area contributed by atoms with Crippen molar-refractivity contribution >= 4 is 49.0 Å². The van der Waals surface area contributed by atoms with Crippen LogP contribution in [0.25, 0.3) is 10.2 Å². The van der Waals surface area contributed by atoms with E-state index in [1.54, 1.807) is 35.2 Å². The lowest BCUT2D eigenvalue weighted by Crippen LogP contribution is -2.17. The second kappa shape index (κ2) is 7.55. The molecule has 126 valence electrons. The number of benzene rings is 2. The molecule has 1 aromatic heterocycles. The molecule has 1 heterocycles. The largest absolute Gasteiger partial charge is 0.284 e. The lowest BCUT2D eigenvalue weighted by Gasteiger charge is -2.07. The number of thiazole rings is 1. The van der Waals surface area contributed by atoms with Gasteiger partial charge in [-0.2, -0.15) is 0 Å². The molecule has 7 heteroatoms. The van der Waals surface area contributed by atoms with Gasteiger partial charge in [0.25, 0.3) is 0 Å². The highest BCUT2D eigenvalue weighted by atomic mass is 32.2. The third-order valence-corrected chi connectivity index (χ3v) is 7.02. The normalized spacial score (nSPS) is 11.7. The molecule has 0 spiro atoms. The Balaban J connectivity index is 1.49. The van der Waals surface area contributed by atoms with Gasteiger partial charge in [0, 0.05) is 11.4 Å². The van der Waals surface area contributed by atoms with Gasteiger partial charge in [0.1, 0.15) is 0 Å². The molecule has 1 N–H and O–H groups in total. The maximum atomic E-state index is 12.1. The SMILES string of the molecule is Cc1ccc(NS(=O)(=O)CCCSc2nc3ccccc3s2)cc1. The van der Waals surface area contributed by atoms with Crippen LogP contribution in [-0.4, -0.2) is 24.9 Å². The lowest BCUT2D eigenvalue weighted by molar-refractivity contribution is 0.600. The minimum absolute atomic E-state index is 0.110. The second-order valence-electron chi connectivity index (χ2n) is 5.44. The van der Waals surface area contributed by atoms with E-state index in [1.807, 2.05) is 43.3 Å². The van der Waals surface area contributed by atoms with Crippen LogP contribution in [-0.2, 0) is 10.0 Å². The summed E-state index contributed by atoms with van der Waals surface area (Å²) in [5.74, 6) is 0.841. The Kier molecular flexibility index (Phi) is 5.43. The quantitative estimate of drug-likeness (QED) is 0.485. The average molecular weight is 379 g/mol. The summed E-state index contributed by atoms with van der Waals surface area (Å²) in [6, 6.07) is 15.4. The van der Waals surface area contributed by atoms with Crippen molar-refractivity contribution in [2.24, 2.45) is 0 Å². The van der Waals surface area contributed by atoms with Crippen molar-refractivity contribution < 1.29 is 8.42 Å². The Morgan fingerprint density at radius 2 is 1.88 bits per heavy atom. The second-order valence-corrected chi connectivity index (χ2v) is 9.65. The van der Waals surface area contributed by atoms with Crippen LogP contribution in [0.4, 0.5) is 5.69 Å². The molecule has 0 unspecified atom stereocenters. The first kappa shape index (κ1) is 17.3. The Morgan fingerprint density at radius 3 is 2.62 bits per heavy atom. The van der Waals surface area contributed by atoms with Gasteiger partial charge in [0.2, 0.25) is 10.0 Å². The average Bonchev–Trinajstić information content (AvgIpc) is 2.96. The number of fused-ring (bicyclic) bond motifs is 1. The standard InChI is InChI=1S/C17H18N2O2S3/c1-13-7-9-14(10-8-13)19-24(20,21)12-4-11-22-17-18-15-5-2-3-6-16(15)23-17/h2-3,5-10,19H,4,11-12H2,1H3. The molecule has 0 atom stereocenters. The van der Waals surface area contributed by atoms with Crippen molar-refractivity contribution in [2.75, 3.05) is 16.2 Å². The van der Waals surface area contributed by atoms with Gasteiger partial charge in [-0.3, -0.25) is 4.72 Å². The molecule has 0 radical (unpaired) electrons. The van der Waals surface area contributed by atoms with Crippen molar-refractivity contribution in [2.45, 2.75) is 17.7 Å². The number of sulfonamides is 1. The Morgan fingerprint density at radius 1 is 1.12 bits per heavy atom. The van der Waals surface area contributed by atoms with E-state index in [-0.39, 0.29) is 5.75 Å². The van der Waals surface area contributed by atoms with Crippen molar-refractivity contribution in [3.8, 4) is 0 Å². The number of hydrogen-bond donors (Lipinski definition) is 1. The van der Waals surface area contributed by atoms with E-state index in [0.29, 0.717) is 12.1 Å². The van der Waals surface area contributed by atoms with E-state index in [9.17, 15) is 8.42 Å². The number of para-hydroxylation sites is 1. The van der Waals surface area contributed by atoms with Crippen LogP contribution in [0.2, 0.25) is 0 Å². The molecule has 4 nitrogen and oxygen atoms in total. The maximum absolute atomic E-state index is 12.1. The summed E-state index contributed by atoms with van der Waals surface area (Å²) in [7, 11) is -3.31. The molecular formula is C17H18N2O2S3. The highest BCUT2D eigenvalue weighted by molar-refractivity contribution is 8.01. The maximum Gasteiger partial charge on any atom is 0.232 e. The first-order valence-electron chi connectivity index (χ1n) is 7.57. The number of aryl methyl sites for hydroxylation is 1. The summed E-state index contributed by atoms with van der Waals surface area (Å²) in [6.07, 6.45) is 0.585. The van der Waals surface area contributed by atoms with Crippen LogP contribution in [0, 0.1) is 6.92 Å². The van der Waals surface area contributed by atoms with Crippen LogP contribution in [0.15, 0.2) is 52.9 Å². The van der Waals surface area contributed by atoms with E-state index in [4.69, 9.17) is 0 Å². The fourth-order valence-corrected chi connectivity index (χ4v) is 5.56. The number of nitrogens with zero attached hydrogens (tertiary/aromatic N) is 1. The van der Waals surface area contributed by atoms with Gasteiger partial charge in [0.15, 0.2) is 4.34 Å². The molecule has 0 bridgehead atoms. The molecule has 24 heavy (non-hydrogen) atoms. The summed E-state index contributed by atoms with van der Waals surface area (Å²) in [5.41, 5.74) is 2.71. The predicted octanol–water partition coefficient (Wildman–Crippen LogP) is 4.53. The zero-order chi connectivity index (χ0) is 17.0. The zero-order valence-electron chi connectivity index (χ0n) is 13.2. The molecule has 0 aliphatic rings. The summed E-state index contributed by atoms with van der Waals surface area (Å²) in [4.78, 5) is 4.54. The van der Waals surface area contributed by atoms with Crippen molar-refractivity contribution in [1.29, 1.82) is 0 Å². The smallest absolute Gasteiger partial charge is 0.232 e. The van der Waals surface area contributed by atoms with E-state index in [0.717, 1.165) is 25.9 Å². The van der Waals surface area contributed by atoms with Gasteiger partial charge in [-0.15, -0.1) is 11.3 Å². The number of aromatic nitrogens is 1. The first-order chi connectivity index (χ1) is 11.5. The third kappa shape index (κ3) is 4.72. The molecule has 0 aliphatic heterocycles. The van der Waals surface area contributed by atoms with Crippen LogP contribution in [0.3, 0.4) is 0 Å². The molecule has 2 aromatic carbocycles. The fraction of sp³-hybridized carbons (Fsp3) is 0.235. The van der Waals surface area contributed by atoms with Gasteiger partial charge < -0.3 is 0 Å². The number of anilines is 1. The summed E-state index contributed by atoms with van der Waals surface area (Å²) >= 11 is 3.26. The van der Waals surface area contributed by atoms with Crippen LogP contribution in [0.5, 0.6) is 0 Å². The van der Waals surface area contributed by atoms with Gasteiger partial charge >= 0.3 is 0 Å². The molecule has 3 aromatic rings. The number of thioether (sulfide) groups is 1. The summed E-state index contributed by atoms with van der Waals surface area (Å²) in [6.45, 7) is 1.97. The number of nitrogens with one attached hydrogen (secondary N) is 1. The Bertz CT molecular complexity index is 885. The Labute approximate surface area is 150 Å². The van der Waals surface area contributed by atoms with Crippen molar-refractivity contribution in [3.05, 3.63) is 54.1 Å². The van der Waals surface area contributed by atoms with E-state index in [2.05, 4.69) is 9.71 Å². The van der Waals surface area contributed by atoms with E-state index < -0.39 is 10.0 Å². The highest BCUT2D eigenvalue weighted by Crippen LogP contribution is 2.29. The minimum Gasteiger partial charge on any atom is -0.284 e. The van der Waals surface area contributed by atoms with E-state index in [1.165, 1.54) is 0 Å². The van der Waals surface area contributed by atoms with Gasteiger partial charge in [-0.1, -0.05) is 41.6 Å². The van der Waals surface area contributed by atoms with Crippen LogP contribution < -0.4 is 4.72 Å². The van der Waals surface area contributed by atoms with Gasteiger partial charge in [0.05, 0.1) is 16.0 Å². The Hall–Kier alpha value is -1.57. The molecule has 3 rings (SSSR count). The third-order valence-electron chi connectivity index (χ3n) is 3.38. The summed E-state index contributed by atoms with van der Waals surface area (Å²) < 4.78 is 29.0. The highest BCUT2D eigenvalue weighted by Gasteiger charge is 2.11. The monoisotopic (exact) mass is 378 g/mol. The minimum atomic E-state index is -3.31. The molecule has 0 fully saturated rings. The molecule has 0 amide bonds. The molecule has 0 saturated carbocycles. The zero-order valence-corrected chi connectivity index (χ0v) is 15.7. The van der Waals surface area contributed by atoms with E-state index >= 15 is 0 Å². The van der Waals surface area contributed by atoms with Gasteiger partial charge in [-0.25, -0.2) is 13.4 Å². The van der Waals surface area contributed by atoms with Crippen LogP contribution >= 0.6 is 23.1 Å². The van der Waals surface area contributed by atoms with Crippen molar-refractivity contribution in [1.82, 2.24) is 4.98 Å². The number of rotatable bonds is 7. The summed E-state index contributed by atoms with van der Waals surface area (Å²) in [5, 5.41) is 0. The molecule has 0 aliphatic carbocycles. The van der Waals surface area contributed by atoms with Crippen LogP contribution in [0.1, 0.15) is 12.0 Å².